The Hall–Kier alpha value is -0.0400. The average molecular weight is 157 g/mol. The molecule has 0 aromatic carbocycles. The molecule has 0 bridgehead atoms. The zero-order valence-electron chi connectivity index (χ0n) is 8.48. The zero-order valence-corrected chi connectivity index (χ0v) is 8.48. The van der Waals surface area contributed by atoms with Gasteiger partial charge in [0.15, 0.2) is 0 Å². The van der Waals surface area contributed by atoms with Crippen LogP contribution < -0.4 is 5.32 Å². The molecule has 1 heteroatoms. The van der Waals surface area contributed by atoms with Crippen LogP contribution in [0.25, 0.3) is 0 Å². The van der Waals surface area contributed by atoms with Crippen molar-refractivity contribution < 1.29 is 0 Å². The van der Waals surface area contributed by atoms with Crippen molar-refractivity contribution in [3.8, 4) is 0 Å². The minimum Gasteiger partial charge on any atom is -0.319 e. The summed E-state index contributed by atoms with van der Waals surface area (Å²) in [5, 5.41) is 3.21. The molecule has 0 saturated carbocycles. The third kappa shape index (κ3) is 6.36. The molecule has 2 atom stereocenters. The van der Waals surface area contributed by atoms with Gasteiger partial charge in [-0.25, -0.2) is 0 Å². The number of rotatable bonds is 6. The molecule has 68 valence electrons. The number of hydrogen-bond donors (Lipinski definition) is 1. The molecule has 0 saturated heterocycles. The third-order valence-corrected chi connectivity index (χ3v) is 2.40. The first-order valence-electron chi connectivity index (χ1n) is 4.85. The summed E-state index contributed by atoms with van der Waals surface area (Å²) in [6, 6.07) is 0. The van der Waals surface area contributed by atoms with Crippen molar-refractivity contribution in [1.29, 1.82) is 0 Å². The van der Waals surface area contributed by atoms with E-state index >= 15 is 0 Å². The maximum atomic E-state index is 3.21. The highest BCUT2D eigenvalue weighted by molar-refractivity contribution is 4.58. The van der Waals surface area contributed by atoms with Crippen LogP contribution in [-0.4, -0.2) is 13.6 Å². The highest BCUT2D eigenvalue weighted by Crippen LogP contribution is 2.13. The summed E-state index contributed by atoms with van der Waals surface area (Å²) in [6.45, 7) is 8.09. The van der Waals surface area contributed by atoms with E-state index in [0.717, 1.165) is 18.4 Å². The molecule has 0 heterocycles. The predicted molar refractivity (Wildman–Crippen MR) is 51.8 cm³/mol. The second-order valence-corrected chi connectivity index (χ2v) is 3.75. The van der Waals surface area contributed by atoms with E-state index in [-0.39, 0.29) is 0 Å². The molecule has 0 aliphatic heterocycles. The van der Waals surface area contributed by atoms with Crippen molar-refractivity contribution in [2.45, 2.75) is 40.0 Å². The molecule has 0 amide bonds. The molecule has 0 fully saturated rings. The van der Waals surface area contributed by atoms with Gasteiger partial charge < -0.3 is 5.32 Å². The van der Waals surface area contributed by atoms with Gasteiger partial charge in [0.05, 0.1) is 0 Å². The highest BCUT2D eigenvalue weighted by atomic mass is 14.8. The molecule has 0 aliphatic rings. The van der Waals surface area contributed by atoms with Crippen LogP contribution >= 0.6 is 0 Å². The van der Waals surface area contributed by atoms with Gasteiger partial charge in [0.25, 0.3) is 0 Å². The number of nitrogens with one attached hydrogen (secondary N) is 1. The van der Waals surface area contributed by atoms with Gasteiger partial charge in [0.2, 0.25) is 0 Å². The van der Waals surface area contributed by atoms with Gasteiger partial charge in [0.1, 0.15) is 0 Å². The molecule has 0 aliphatic carbocycles. The first-order chi connectivity index (χ1) is 5.20. The minimum atomic E-state index is 0.842. The Bertz CT molecular complexity index is 80.9. The Morgan fingerprint density at radius 1 is 1.09 bits per heavy atom. The van der Waals surface area contributed by atoms with Gasteiger partial charge in [-0.15, -0.1) is 0 Å². The fourth-order valence-corrected chi connectivity index (χ4v) is 1.22. The Morgan fingerprint density at radius 3 is 2.09 bits per heavy atom. The Labute approximate surface area is 71.6 Å². The lowest BCUT2D eigenvalue weighted by Gasteiger charge is -2.13. The summed E-state index contributed by atoms with van der Waals surface area (Å²) in [4.78, 5) is 0. The molecule has 0 radical (unpaired) electrons. The number of hydrogen-bond acceptors (Lipinski definition) is 1. The Morgan fingerprint density at radius 2 is 1.64 bits per heavy atom. The second-order valence-electron chi connectivity index (χ2n) is 3.75. The van der Waals surface area contributed by atoms with Crippen molar-refractivity contribution >= 4 is 0 Å². The van der Waals surface area contributed by atoms with Gasteiger partial charge in [-0.2, -0.15) is 0 Å². The Balaban J connectivity index is 3.22. The van der Waals surface area contributed by atoms with Gasteiger partial charge in [0, 0.05) is 0 Å². The van der Waals surface area contributed by atoms with Crippen LogP contribution in [0.2, 0.25) is 0 Å². The molecular weight excluding hydrogens is 134 g/mol. The summed E-state index contributed by atoms with van der Waals surface area (Å²) in [5.74, 6) is 1.75. The summed E-state index contributed by atoms with van der Waals surface area (Å²) in [6.07, 6.45) is 4.08. The maximum absolute atomic E-state index is 3.21. The van der Waals surface area contributed by atoms with E-state index < -0.39 is 0 Å². The van der Waals surface area contributed by atoms with Crippen LogP contribution in [0, 0.1) is 11.8 Å². The SMILES string of the molecule is CC[C@@H](C)CC[C@@H](C)CNC. The summed E-state index contributed by atoms with van der Waals surface area (Å²) >= 11 is 0. The quantitative estimate of drug-likeness (QED) is 0.625. The van der Waals surface area contributed by atoms with Gasteiger partial charge in [-0.3, -0.25) is 0 Å². The van der Waals surface area contributed by atoms with E-state index in [1.54, 1.807) is 0 Å². The molecule has 11 heavy (non-hydrogen) atoms. The first-order valence-corrected chi connectivity index (χ1v) is 4.85. The van der Waals surface area contributed by atoms with E-state index in [1.165, 1.54) is 19.3 Å². The molecule has 0 rings (SSSR count). The molecule has 0 aromatic heterocycles. The molecule has 1 nitrogen and oxygen atoms in total. The topological polar surface area (TPSA) is 12.0 Å². The monoisotopic (exact) mass is 157 g/mol. The van der Waals surface area contributed by atoms with Crippen LogP contribution in [0.5, 0.6) is 0 Å². The van der Waals surface area contributed by atoms with E-state index in [9.17, 15) is 0 Å². The van der Waals surface area contributed by atoms with E-state index in [0.29, 0.717) is 0 Å². The lowest BCUT2D eigenvalue weighted by molar-refractivity contribution is 0.414. The minimum absolute atomic E-state index is 0.842. The van der Waals surface area contributed by atoms with Crippen LogP contribution in [0.4, 0.5) is 0 Å². The largest absolute Gasteiger partial charge is 0.319 e. The molecule has 1 N–H and O–H groups in total. The average Bonchev–Trinajstić information content (AvgIpc) is 2.01. The lowest BCUT2D eigenvalue weighted by atomic mass is 9.96. The van der Waals surface area contributed by atoms with Crippen LogP contribution in [0.1, 0.15) is 40.0 Å². The smallest absolute Gasteiger partial charge is 0.00262 e. The fraction of sp³-hybridized carbons (Fsp3) is 1.00. The first kappa shape index (κ1) is 11.0. The fourth-order valence-electron chi connectivity index (χ4n) is 1.22. The van der Waals surface area contributed by atoms with Crippen molar-refractivity contribution in [1.82, 2.24) is 5.32 Å². The standard InChI is InChI=1S/C10H23N/c1-5-9(2)6-7-10(3)8-11-4/h9-11H,5-8H2,1-4H3/t9-,10-/m1/s1. The van der Waals surface area contributed by atoms with Gasteiger partial charge >= 0.3 is 0 Å². The lowest BCUT2D eigenvalue weighted by Crippen LogP contribution is -2.16. The van der Waals surface area contributed by atoms with Crippen molar-refractivity contribution in [2.75, 3.05) is 13.6 Å². The Kier molecular flexibility index (Phi) is 6.63. The van der Waals surface area contributed by atoms with Crippen molar-refractivity contribution in [2.24, 2.45) is 11.8 Å². The second kappa shape index (κ2) is 6.66. The van der Waals surface area contributed by atoms with Crippen LogP contribution in [-0.2, 0) is 0 Å². The normalized spacial score (nSPS) is 16.4. The van der Waals surface area contributed by atoms with E-state index in [2.05, 4.69) is 26.1 Å². The molecule has 0 spiro atoms. The van der Waals surface area contributed by atoms with Crippen LogP contribution in [0.3, 0.4) is 0 Å². The molecule has 0 aromatic rings. The van der Waals surface area contributed by atoms with Crippen LogP contribution in [0.15, 0.2) is 0 Å². The summed E-state index contributed by atoms with van der Waals surface area (Å²) in [5.41, 5.74) is 0. The van der Waals surface area contributed by atoms with Gasteiger partial charge in [-0.05, 0) is 31.8 Å². The predicted octanol–water partition coefficient (Wildman–Crippen LogP) is 2.67. The van der Waals surface area contributed by atoms with Crippen molar-refractivity contribution in [3.63, 3.8) is 0 Å². The molecular formula is C10H23N. The zero-order chi connectivity index (χ0) is 8.69. The summed E-state index contributed by atoms with van der Waals surface area (Å²) in [7, 11) is 2.03. The highest BCUT2D eigenvalue weighted by Gasteiger charge is 2.03. The van der Waals surface area contributed by atoms with E-state index in [4.69, 9.17) is 0 Å². The molecule has 0 unspecified atom stereocenters. The maximum Gasteiger partial charge on any atom is -0.00262 e. The van der Waals surface area contributed by atoms with Gasteiger partial charge in [-0.1, -0.05) is 33.6 Å². The van der Waals surface area contributed by atoms with Crippen molar-refractivity contribution in [3.05, 3.63) is 0 Å². The third-order valence-electron chi connectivity index (χ3n) is 2.40. The summed E-state index contributed by atoms with van der Waals surface area (Å²) < 4.78 is 0. The van der Waals surface area contributed by atoms with E-state index in [1.807, 2.05) is 7.05 Å².